The Morgan fingerprint density at radius 2 is 2.20 bits per heavy atom. The van der Waals surface area contributed by atoms with E-state index < -0.39 is 0 Å². The summed E-state index contributed by atoms with van der Waals surface area (Å²) in [4.78, 5) is 17.3. The molecule has 0 saturated carbocycles. The number of alkyl halides is 1. The third kappa shape index (κ3) is 2.23. The molecule has 3 aromatic heterocycles. The molecule has 3 heterocycles. The van der Waals surface area contributed by atoms with Crippen molar-refractivity contribution in [1.82, 2.24) is 24.5 Å². The zero-order chi connectivity index (χ0) is 14.1. The van der Waals surface area contributed by atoms with Crippen LogP contribution in [0.3, 0.4) is 0 Å². The molecule has 3 rings (SSSR count). The minimum absolute atomic E-state index is 0.294. The van der Waals surface area contributed by atoms with E-state index in [4.69, 9.17) is 16.3 Å². The van der Waals surface area contributed by atoms with Crippen molar-refractivity contribution < 1.29 is 4.74 Å². The lowest BCUT2D eigenvalue weighted by Gasteiger charge is -2.04. The maximum atomic E-state index is 5.98. The SMILES string of the molecule is COc1ncnc2c1nc(CCl)n2Cc1csc(C)n1. The zero-order valence-corrected chi connectivity index (χ0v) is 12.6. The molecule has 0 fully saturated rings. The first-order valence-corrected chi connectivity index (χ1v) is 7.35. The van der Waals surface area contributed by atoms with Gasteiger partial charge in [-0.25, -0.2) is 15.0 Å². The van der Waals surface area contributed by atoms with E-state index in [0.29, 0.717) is 29.5 Å². The number of methoxy groups -OCH3 is 1. The number of aryl methyl sites for hydroxylation is 1. The Balaban J connectivity index is 2.13. The van der Waals surface area contributed by atoms with Crippen molar-refractivity contribution in [2.45, 2.75) is 19.3 Å². The van der Waals surface area contributed by atoms with Crippen molar-refractivity contribution >= 4 is 34.1 Å². The van der Waals surface area contributed by atoms with E-state index in [-0.39, 0.29) is 0 Å². The van der Waals surface area contributed by atoms with Gasteiger partial charge in [0.15, 0.2) is 11.2 Å². The summed E-state index contributed by atoms with van der Waals surface area (Å²) in [5, 5.41) is 3.06. The Kier molecular flexibility index (Phi) is 3.54. The van der Waals surface area contributed by atoms with E-state index in [1.807, 2.05) is 16.9 Å². The molecule has 0 spiro atoms. The number of rotatable bonds is 4. The molecule has 0 amide bonds. The van der Waals surface area contributed by atoms with E-state index >= 15 is 0 Å². The van der Waals surface area contributed by atoms with Crippen LogP contribution in [0.1, 0.15) is 16.5 Å². The van der Waals surface area contributed by atoms with Crippen molar-refractivity contribution in [3.05, 3.63) is 28.2 Å². The van der Waals surface area contributed by atoms with E-state index in [1.165, 1.54) is 6.33 Å². The molecule has 6 nitrogen and oxygen atoms in total. The summed E-state index contributed by atoms with van der Waals surface area (Å²) in [5.41, 5.74) is 2.30. The number of thiazole rings is 1. The third-order valence-electron chi connectivity index (χ3n) is 2.88. The molecule has 0 radical (unpaired) electrons. The Bertz CT molecular complexity index is 753. The minimum atomic E-state index is 0.294. The van der Waals surface area contributed by atoms with Crippen LogP contribution >= 0.6 is 22.9 Å². The van der Waals surface area contributed by atoms with Gasteiger partial charge in [-0.3, -0.25) is 0 Å². The lowest BCUT2D eigenvalue weighted by Crippen LogP contribution is -2.05. The molecule has 0 aliphatic heterocycles. The predicted molar refractivity (Wildman–Crippen MR) is 77.4 cm³/mol. The molecule has 0 saturated heterocycles. The number of fused-ring (bicyclic) bond motifs is 1. The topological polar surface area (TPSA) is 65.7 Å². The number of imidazole rings is 1. The Morgan fingerprint density at radius 3 is 2.85 bits per heavy atom. The second kappa shape index (κ2) is 5.34. The van der Waals surface area contributed by atoms with Crippen LogP contribution in [0.5, 0.6) is 5.88 Å². The fraction of sp³-hybridized carbons (Fsp3) is 0.333. The summed E-state index contributed by atoms with van der Waals surface area (Å²) >= 11 is 7.60. The van der Waals surface area contributed by atoms with Gasteiger partial charge in [-0.1, -0.05) is 0 Å². The number of aromatic nitrogens is 5. The van der Waals surface area contributed by atoms with Crippen LogP contribution in [0.2, 0.25) is 0 Å². The molecule has 0 aliphatic rings. The molecular weight excluding hydrogens is 298 g/mol. The van der Waals surface area contributed by atoms with Crippen LogP contribution in [0.4, 0.5) is 0 Å². The number of ether oxygens (including phenoxy) is 1. The third-order valence-corrected chi connectivity index (χ3v) is 3.94. The monoisotopic (exact) mass is 309 g/mol. The van der Waals surface area contributed by atoms with Crippen molar-refractivity contribution in [2.75, 3.05) is 7.11 Å². The van der Waals surface area contributed by atoms with Crippen LogP contribution in [0.25, 0.3) is 11.2 Å². The summed E-state index contributed by atoms with van der Waals surface area (Å²) in [6.07, 6.45) is 1.46. The van der Waals surface area contributed by atoms with Gasteiger partial charge in [0, 0.05) is 5.38 Å². The summed E-state index contributed by atoms with van der Waals surface area (Å²) in [7, 11) is 1.56. The quantitative estimate of drug-likeness (QED) is 0.692. The lowest BCUT2D eigenvalue weighted by atomic mass is 10.4. The molecular formula is C12H12ClN5OS. The van der Waals surface area contributed by atoms with E-state index in [1.54, 1.807) is 18.4 Å². The second-order valence-corrected chi connectivity index (χ2v) is 5.49. The second-order valence-electron chi connectivity index (χ2n) is 4.16. The first kappa shape index (κ1) is 13.3. The van der Waals surface area contributed by atoms with Gasteiger partial charge in [0.2, 0.25) is 5.88 Å². The normalized spacial score (nSPS) is 11.2. The molecule has 8 heteroatoms. The van der Waals surface area contributed by atoms with E-state index in [2.05, 4.69) is 19.9 Å². The van der Waals surface area contributed by atoms with Gasteiger partial charge in [-0.15, -0.1) is 22.9 Å². The van der Waals surface area contributed by atoms with Crippen molar-refractivity contribution in [2.24, 2.45) is 0 Å². The van der Waals surface area contributed by atoms with Gasteiger partial charge in [-0.2, -0.15) is 4.98 Å². The van der Waals surface area contributed by atoms with Crippen LogP contribution < -0.4 is 4.74 Å². The highest BCUT2D eigenvalue weighted by Crippen LogP contribution is 2.23. The van der Waals surface area contributed by atoms with E-state index in [0.717, 1.165) is 16.5 Å². The molecule has 0 aliphatic carbocycles. The highest BCUT2D eigenvalue weighted by atomic mass is 35.5. The van der Waals surface area contributed by atoms with Gasteiger partial charge in [0.25, 0.3) is 0 Å². The Labute approximate surface area is 124 Å². The zero-order valence-electron chi connectivity index (χ0n) is 11.0. The summed E-state index contributed by atoms with van der Waals surface area (Å²) in [6, 6.07) is 0. The molecule has 0 bridgehead atoms. The van der Waals surface area contributed by atoms with Gasteiger partial charge >= 0.3 is 0 Å². The van der Waals surface area contributed by atoms with E-state index in [9.17, 15) is 0 Å². The minimum Gasteiger partial charge on any atom is -0.479 e. The highest BCUT2D eigenvalue weighted by Gasteiger charge is 2.16. The lowest BCUT2D eigenvalue weighted by molar-refractivity contribution is 0.401. The van der Waals surface area contributed by atoms with Crippen LogP contribution in [0, 0.1) is 6.92 Å². The van der Waals surface area contributed by atoms with Gasteiger partial charge in [-0.05, 0) is 6.92 Å². The highest BCUT2D eigenvalue weighted by molar-refractivity contribution is 7.09. The molecule has 0 atom stereocenters. The number of hydrogen-bond acceptors (Lipinski definition) is 6. The average Bonchev–Trinajstić information content (AvgIpc) is 3.03. The fourth-order valence-corrected chi connectivity index (χ4v) is 2.83. The number of halogens is 1. The molecule has 0 aromatic carbocycles. The molecule has 3 aromatic rings. The molecule has 0 unspecified atom stereocenters. The number of nitrogens with zero attached hydrogens (tertiary/aromatic N) is 5. The molecule has 0 N–H and O–H groups in total. The van der Waals surface area contributed by atoms with Crippen LogP contribution in [0.15, 0.2) is 11.7 Å². The standard InChI is InChI=1S/C12H12ClN5OS/c1-7-16-8(5-20-7)4-18-9(3-13)17-10-11(18)14-6-15-12(10)19-2/h5-6H,3-4H2,1-2H3. The maximum absolute atomic E-state index is 5.98. The average molecular weight is 310 g/mol. The fourth-order valence-electron chi connectivity index (χ4n) is 2.02. The smallest absolute Gasteiger partial charge is 0.245 e. The summed E-state index contributed by atoms with van der Waals surface area (Å²) in [6.45, 7) is 2.57. The summed E-state index contributed by atoms with van der Waals surface area (Å²) < 4.78 is 7.16. The number of hydrogen-bond donors (Lipinski definition) is 0. The molecule has 20 heavy (non-hydrogen) atoms. The van der Waals surface area contributed by atoms with Gasteiger partial charge in [0.1, 0.15) is 12.2 Å². The van der Waals surface area contributed by atoms with Crippen LogP contribution in [-0.4, -0.2) is 31.6 Å². The summed E-state index contributed by atoms with van der Waals surface area (Å²) in [5.74, 6) is 1.48. The Hall–Kier alpha value is -1.73. The van der Waals surface area contributed by atoms with Crippen LogP contribution in [-0.2, 0) is 12.4 Å². The predicted octanol–water partition coefficient (Wildman–Crippen LogP) is 2.39. The largest absolute Gasteiger partial charge is 0.479 e. The van der Waals surface area contributed by atoms with Gasteiger partial charge < -0.3 is 9.30 Å². The Morgan fingerprint density at radius 1 is 1.35 bits per heavy atom. The molecule has 104 valence electrons. The van der Waals surface area contributed by atoms with Crippen molar-refractivity contribution in [1.29, 1.82) is 0 Å². The first-order chi connectivity index (χ1) is 9.72. The van der Waals surface area contributed by atoms with Crippen molar-refractivity contribution in [3.8, 4) is 5.88 Å². The first-order valence-electron chi connectivity index (χ1n) is 5.94. The van der Waals surface area contributed by atoms with Gasteiger partial charge in [0.05, 0.1) is 30.2 Å². The van der Waals surface area contributed by atoms with Crippen molar-refractivity contribution in [3.63, 3.8) is 0 Å². The maximum Gasteiger partial charge on any atom is 0.245 e.